The summed E-state index contributed by atoms with van der Waals surface area (Å²) < 4.78 is 70.5. The number of carbonyl (C=O) groups is 2. The first-order valence-electron chi connectivity index (χ1n) is 14.8. The molecule has 0 spiro atoms. The lowest BCUT2D eigenvalue weighted by Crippen LogP contribution is -2.56. The topological polar surface area (TPSA) is 86.8 Å². The first-order chi connectivity index (χ1) is 22.5. The number of anilines is 1. The van der Waals surface area contributed by atoms with E-state index in [1.165, 1.54) is 29.2 Å². The Morgan fingerprint density at radius 3 is 1.98 bits per heavy atom. The van der Waals surface area contributed by atoms with E-state index < -0.39 is 62.4 Å². The van der Waals surface area contributed by atoms with Crippen LogP contribution in [-0.2, 0) is 38.8 Å². The van der Waals surface area contributed by atoms with Gasteiger partial charge in [-0.15, -0.1) is 0 Å². The fourth-order valence-corrected chi connectivity index (χ4v) is 6.80. The SMILES string of the molecule is CC(C)(C)NC(=O)[C@H](Cc1ccccc1)N(Cc1ccccc1Cl)C(=O)CN(c1ccc(Cl)c(C(F)(F)F)c1)S(=O)(=O)c1ccccc1. The average Bonchev–Trinajstić information content (AvgIpc) is 3.02. The van der Waals surface area contributed by atoms with E-state index in [0.29, 0.717) is 26.5 Å². The smallest absolute Gasteiger partial charge is 0.350 e. The van der Waals surface area contributed by atoms with Gasteiger partial charge in [0.15, 0.2) is 0 Å². The fraction of sp³-hybridized carbons (Fsp3) is 0.257. The Balaban J connectivity index is 1.88. The van der Waals surface area contributed by atoms with Crippen molar-refractivity contribution in [1.29, 1.82) is 0 Å². The van der Waals surface area contributed by atoms with Gasteiger partial charge in [-0.3, -0.25) is 13.9 Å². The molecule has 0 heterocycles. The van der Waals surface area contributed by atoms with Crippen LogP contribution in [0, 0.1) is 0 Å². The van der Waals surface area contributed by atoms with E-state index in [4.69, 9.17) is 23.2 Å². The molecule has 1 N–H and O–H groups in total. The highest BCUT2D eigenvalue weighted by atomic mass is 35.5. The standard InChI is InChI=1S/C35H34Cl2F3N3O4S/c1-34(2,3)41-33(45)31(20-24-12-6-4-7-13-24)42(22-25-14-10-11-17-29(25)36)32(44)23-43(48(46,47)27-15-8-5-9-16-27)26-18-19-30(37)28(21-26)35(38,39)40/h4-19,21,31H,20,22-23H2,1-3H3,(H,41,45)/t31-/m0/s1. The summed E-state index contributed by atoms with van der Waals surface area (Å²) in [6.07, 6.45) is -4.87. The Labute approximate surface area is 288 Å². The lowest BCUT2D eigenvalue weighted by Gasteiger charge is -2.35. The maximum Gasteiger partial charge on any atom is 0.417 e. The van der Waals surface area contributed by atoms with Gasteiger partial charge in [-0.05, 0) is 68.3 Å². The van der Waals surface area contributed by atoms with E-state index in [-0.39, 0.29) is 17.9 Å². The zero-order chi connectivity index (χ0) is 35.3. The van der Waals surface area contributed by atoms with Crippen LogP contribution in [0.5, 0.6) is 0 Å². The van der Waals surface area contributed by atoms with Crippen LogP contribution < -0.4 is 9.62 Å². The number of halogens is 5. The number of rotatable bonds is 11. The van der Waals surface area contributed by atoms with E-state index in [0.717, 1.165) is 12.1 Å². The molecule has 0 fully saturated rings. The third-order valence-corrected chi connectivity index (χ3v) is 9.71. The van der Waals surface area contributed by atoms with Crippen molar-refractivity contribution in [2.75, 3.05) is 10.8 Å². The quantitative estimate of drug-likeness (QED) is 0.172. The summed E-state index contributed by atoms with van der Waals surface area (Å²) in [7, 11) is -4.62. The number of benzene rings is 4. The van der Waals surface area contributed by atoms with Crippen molar-refractivity contribution < 1.29 is 31.2 Å². The molecule has 254 valence electrons. The Morgan fingerprint density at radius 1 is 0.812 bits per heavy atom. The van der Waals surface area contributed by atoms with Gasteiger partial charge in [0.1, 0.15) is 12.6 Å². The predicted octanol–water partition coefficient (Wildman–Crippen LogP) is 7.76. The highest BCUT2D eigenvalue weighted by Gasteiger charge is 2.38. The molecule has 7 nitrogen and oxygen atoms in total. The van der Waals surface area contributed by atoms with Crippen LogP contribution in [0.1, 0.15) is 37.5 Å². The van der Waals surface area contributed by atoms with Crippen molar-refractivity contribution in [1.82, 2.24) is 10.2 Å². The summed E-state index contributed by atoms with van der Waals surface area (Å²) in [5.41, 5.74) is -1.24. The molecule has 0 bridgehead atoms. The van der Waals surface area contributed by atoms with Crippen LogP contribution in [0.25, 0.3) is 0 Å². The van der Waals surface area contributed by atoms with E-state index in [1.54, 1.807) is 81.4 Å². The average molecular weight is 721 g/mol. The number of hydrogen-bond donors (Lipinski definition) is 1. The number of nitrogens with zero attached hydrogens (tertiary/aromatic N) is 2. The van der Waals surface area contributed by atoms with Crippen LogP contribution in [0.4, 0.5) is 18.9 Å². The molecule has 0 aliphatic carbocycles. The summed E-state index contributed by atoms with van der Waals surface area (Å²) >= 11 is 12.4. The first-order valence-corrected chi connectivity index (χ1v) is 17.0. The first kappa shape index (κ1) is 36.8. The van der Waals surface area contributed by atoms with Crippen LogP contribution in [-0.4, -0.2) is 43.3 Å². The van der Waals surface area contributed by atoms with Crippen molar-refractivity contribution in [3.8, 4) is 0 Å². The fourth-order valence-electron chi connectivity index (χ4n) is 4.95. The lowest BCUT2D eigenvalue weighted by molar-refractivity contribution is -0.140. The molecule has 0 radical (unpaired) electrons. The number of sulfonamides is 1. The second kappa shape index (κ2) is 15.0. The molecular formula is C35H34Cl2F3N3O4S. The number of nitrogens with one attached hydrogen (secondary N) is 1. The Bertz CT molecular complexity index is 1850. The third kappa shape index (κ3) is 9.30. The van der Waals surface area contributed by atoms with Crippen molar-refractivity contribution in [2.24, 2.45) is 0 Å². The number of hydrogen-bond acceptors (Lipinski definition) is 4. The molecule has 2 amide bonds. The summed E-state index contributed by atoms with van der Waals surface area (Å²) in [6, 6.07) is 24.0. The van der Waals surface area contributed by atoms with Crippen molar-refractivity contribution >= 4 is 50.7 Å². The van der Waals surface area contributed by atoms with Gasteiger partial charge in [0, 0.05) is 23.5 Å². The second-order valence-electron chi connectivity index (χ2n) is 12.0. The van der Waals surface area contributed by atoms with Gasteiger partial charge in [0.25, 0.3) is 10.0 Å². The van der Waals surface area contributed by atoms with Gasteiger partial charge in [-0.2, -0.15) is 13.2 Å². The highest BCUT2D eigenvalue weighted by Crippen LogP contribution is 2.38. The maximum absolute atomic E-state index is 14.5. The monoisotopic (exact) mass is 719 g/mol. The van der Waals surface area contributed by atoms with Gasteiger partial charge >= 0.3 is 6.18 Å². The zero-order valence-electron chi connectivity index (χ0n) is 26.3. The molecule has 1 atom stereocenters. The minimum Gasteiger partial charge on any atom is -0.350 e. The Kier molecular flexibility index (Phi) is 11.5. The van der Waals surface area contributed by atoms with Crippen LogP contribution in [0.3, 0.4) is 0 Å². The summed E-state index contributed by atoms with van der Waals surface area (Å²) in [4.78, 5) is 29.4. The van der Waals surface area contributed by atoms with E-state index in [9.17, 15) is 31.2 Å². The van der Waals surface area contributed by atoms with E-state index in [1.807, 2.05) is 0 Å². The van der Waals surface area contributed by atoms with Crippen molar-refractivity contribution in [2.45, 2.75) is 56.4 Å². The summed E-state index contributed by atoms with van der Waals surface area (Å²) in [5.74, 6) is -1.38. The zero-order valence-corrected chi connectivity index (χ0v) is 28.7. The van der Waals surface area contributed by atoms with Gasteiger partial charge in [0.05, 0.1) is 21.2 Å². The van der Waals surface area contributed by atoms with Crippen molar-refractivity contribution in [3.63, 3.8) is 0 Å². The molecule has 48 heavy (non-hydrogen) atoms. The molecule has 13 heteroatoms. The maximum atomic E-state index is 14.5. The molecule has 0 saturated carbocycles. The summed E-state index contributed by atoms with van der Waals surface area (Å²) in [5, 5.41) is 2.56. The molecule has 4 aromatic rings. The number of carbonyl (C=O) groups excluding carboxylic acids is 2. The molecular weight excluding hydrogens is 686 g/mol. The van der Waals surface area contributed by atoms with E-state index in [2.05, 4.69) is 5.32 Å². The lowest BCUT2D eigenvalue weighted by atomic mass is 10.0. The second-order valence-corrected chi connectivity index (χ2v) is 14.7. The molecule has 0 saturated heterocycles. The van der Waals surface area contributed by atoms with Crippen LogP contribution in [0.2, 0.25) is 10.0 Å². The van der Waals surface area contributed by atoms with Gasteiger partial charge in [-0.1, -0.05) is 89.9 Å². The van der Waals surface area contributed by atoms with Gasteiger partial charge < -0.3 is 10.2 Å². The van der Waals surface area contributed by atoms with Crippen LogP contribution in [0.15, 0.2) is 108 Å². The predicted molar refractivity (Wildman–Crippen MR) is 181 cm³/mol. The van der Waals surface area contributed by atoms with Crippen LogP contribution >= 0.6 is 23.2 Å². The molecule has 0 aliphatic rings. The number of alkyl halides is 3. The van der Waals surface area contributed by atoms with Crippen molar-refractivity contribution in [3.05, 3.63) is 130 Å². The van der Waals surface area contributed by atoms with E-state index >= 15 is 0 Å². The minimum absolute atomic E-state index is 0.0452. The largest absolute Gasteiger partial charge is 0.417 e. The molecule has 4 aromatic carbocycles. The van der Waals surface area contributed by atoms with Gasteiger partial charge in [0.2, 0.25) is 11.8 Å². The Hall–Kier alpha value is -4.06. The Morgan fingerprint density at radius 2 is 1.40 bits per heavy atom. The summed E-state index contributed by atoms with van der Waals surface area (Å²) in [6.45, 7) is 4.17. The third-order valence-electron chi connectivity index (χ3n) is 7.22. The normalized spacial score (nSPS) is 12.7. The molecule has 4 rings (SSSR count). The minimum atomic E-state index is -4.92. The van der Waals surface area contributed by atoms with Gasteiger partial charge in [-0.25, -0.2) is 8.42 Å². The highest BCUT2D eigenvalue weighted by molar-refractivity contribution is 7.92. The molecule has 0 aromatic heterocycles. The number of amides is 2. The molecule has 0 aliphatic heterocycles. The molecule has 0 unspecified atom stereocenters.